The van der Waals surface area contributed by atoms with Crippen molar-refractivity contribution in [1.29, 1.82) is 0 Å². The van der Waals surface area contributed by atoms with Gasteiger partial charge in [-0.3, -0.25) is 9.36 Å². The lowest BCUT2D eigenvalue weighted by molar-refractivity contribution is -0.118. The third kappa shape index (κ3) is 4.42. The lowest BCUT2D eigenvalue weighted by atomic mass is 10.2. The Balaban J connectivity index is 1.52. The number of hydrogen-bond donors (Lipinski definition) is 1. The maximum atomic E-state index is 12.4. The second-order valence-electron chi connectivity index (χ2n) is 6.52. The van der Waals surface area contributed by atoms with Crippen LogP contribution >= 0.6 is 23.4 Å². The minimum absolute atomic E-state index is 0.108. The number of thioether (sulfide) groups is 1. The van der Waals surface area contributed by atoms with Crippen LogP contribution in [-0.4, -0.2) is 26.4 Å². The Hall–Kier alpha value is -3.03. The standard InChI is InChI=1S/C22H19ClN4O2S/c1-15-18(11-12-29-15)21-25-26-22(27(21)17-8-3-2-4-9-17)30-14-20(28)24-13-16-7-5-6-10-19(16)23/h2-12H,13-14H2,1H3,(H,24,28). The van der Waals surface area contributed by atoms with Gasteiger partial charge in [-0.15, -0.1) is 10.2 Å². The van der Waals surface area contributed by atoms with Crippen molar-refractivity contribution in [2.75, 3.05) is 5.75 Å². The highest BCUT2D eigenvalue weighted by Gasteiger charge is 2.19. The molecule has 0 aliphatic carbocycles. The molecule has 0 saturated heterocycles. The van der Waals surface area contributed by atoms with Gasteiger partial charge in [-0.25, -0.2) is 0 Å². The fraction of sp³-hybridized carbons (Fsp3) is 0.136. The van der Waals surface area contributed by atoms with Crippen LogP contribution in [0.25, 0.3) is 17.1 Å². The van der Waals surface area contributed by atoms with Gasteiger partial charge < -0.3 is 9.73 Å². The van der Waals surface area contributed by atoms with Crippen molar-refractivity contribution in [3.8, 4) is 17.1 Å². The van der Waals surface area contributed by atoms with Crippen molar-refractivity contribution < 1.29 is 9.21 Å². The molecule has 152 valence electrons. The molecule has 0 saturated carbocycles. The van der Waals surface area contributed by atoms with Gasteiger partial charge in [0.2, 0.25) is 5.91 Å². The second kappa shape index (κ2) is 9.19. The van der Waals surface area contributed by atoms with Gasteiger partial charge in [-0.2, -0.15) is 0 Å². The Morgan fingerprint density at radius 2 is 1.87 bits per heavy atom. The Morgan fingerprint density at radius 3 is 2.60 bits per heavy atom. The Kier molecular flexibility index (Phi) is 6.21. The first kappa shape index (κ1) is 20.3. The number of nitrogens with one attached hydrogen (secondary N) is 1. The monoisotopic (exact) mass is 438 g/mol. The van der Waals surface area contributed by atoms with Crippen molar-refractivity contribution in [3.05, 3.63) is 83.3 Å². The summed E-state index contributed by atoms with van der Waals surface area (Å²) < 4.78 is 7.37. The summed E-state index contributed by atoms with van der Waals surface area (Å²) in [4.78, 5) is 12.4. The van der Waals surface area contributed by atoms with E-state index in [1.807, 2.05) is 66.1 Å². The molecular formula is C22H19ClN4O2S. The molecule has 1 amide bonds. The lowest BCUT2D eigenvalue weighted by Crippen LogP contribution is -2.24. The van der Waals surface area contributed by atoms with E-state index < -0.39 is 0 Å². The third-order valence-corrected chi connectivity index (χ3v) is 5.81. The number of aromatic nitrogens is 3. The van der Waals surface area contributed by atoms with Crippen molar-refractivity contribution in [2.24, 2.45) is 0 Å². The van der Waals surface area contributed by atoms with Gasteiger partial charge in [0, 0.05) is 17.3 Å². The van der Waals surface area contributed by atoms with Crippen LogP contribution in [0.4, 0.5) is 0 Å². The molecule has 0 atom stereocenters. The largest absolute Gasteiger partial charge is 0.469 e. The molecule has 0 bridgehead atoms. The average Bonchev–Trinajstić information content (AvgIpc) is 3.38. The molecule has 2 heterocycles. The molecule has 0 unspecified atom stereocenters. The van der Waals surface area contributed by atoms with Crippen molar-refractivity contribution >= 4 is 29.3 Å². The van der Waals surface area contributed by atoms with Crippen LogP contribution in [0.2, 0.25) is 5.02 Å². The van der Waals surface area contributed by atoms with Crippen LogP contribution in [0.15, 0.2) is 76.5 Å². The van der Waals surface area contributed by atoms with Crippen molar-refractivity contribution in [1.82, 2.24) is 20.1 Å². The molecule has 0 spiro atoms. The molecule has 30 heavy (non-hydrogen) atoms. The molecule has 0 fully saturated rings. The quantitative estimate of drug-likeness (QED) is 0.415. The van der Waals surface area contributed by atoms with Gasteiger partial charge >= 0.3 is 0 Å². The predicted molar refractivity (Wildman–Crippen MR) is 118 cm³/mol. The minimum Gasteiger partial charge on any atom is -0.469 e. The number of hydrogen-bond acceptors (Lipinski definition) is 5. The zero-order valence-electron chi connectivity index (χ0n) is 16.2. The van der Waals surface area contributed by atoms with Gasteiger partial charge in [0.1, 0.15) is 5.76 Å². The first-order valence-electron chi connectivity index (χ1n) is 9.31. The molecule has 0 radical (unpaired) electrons. The Labute approximate surface area is 183 Å². The fourth-order valence-corrected chi connectivity index (χ4v) is 3.97. The van der Waals surface area contributed by atoms with Crippen LogP contribution in [-0.2, 0) is 11.3 Å². The molecule has 2 aromatic carbocycles. The van der Waals surface area contributed by atoms with Crippen molar-refractivity contribution in [2.45, 2.75) is 18.6 Å². The van der Waals surface area contributed by atoms with E-state index in [-0.39, 0.29) is 11.7 Å². The summed E-state index contributed by atoms with van der Waals surface area (Å²) in [5.74, 6) is 1.53. The molecule has 0 aliphatic heterocycles. The van der Waals surface area contributed by atoms with E-state index >= 15 is 0 Å². The summed E-state index contributed by atoms with van der Waals surface area (Å²) >= 11 is 7.47. The number of benzene rings is 2. The molecule has 8 heteroatoms. The van der Waals surface area contributed by atoms with Crippen LogP contribution in [0, 0.1) is 6.92 Å². The number of nitrogens with zero attached hydrogens (tertiary/aromatic N) is 3. The van der Waals surface area contributed by atoms with Gasteiger partial charge in [-0.1, -0.05) is 59.8 Å². The molecule has 4 aromatic rings. The first-order chi connectivity index (χ1) is 14.6. The zero-order valence-corrected chi connectivity index (χ0v) is 17.8. The smallest absolute Gasteiger partial charge is 0.230 e. The van der Waals surface area contributed by atoms with Crippen LogP contribution in [0.1, 0.15) is 11.3 Å². The number of para-hydroxylation sites is 1. The summed E-state index contributed by atoms with van der Waals surface area (Å²) in [5, 5.41) is 12.8. The number of amides is 1. The molecule has 2 aromatic heterocycles. The summed E-state index contributed by atoms with van der Waals surface area (Å²) in [6.45, 7) is 2.26. The molecular weight excluding hydrogens is 420 g/mol. The molecule has 1 N–H and O–H groups in total. The Bertz CT molecular complexity index is 1160. The second-order valence-corrected chi connectivity index (χ2v) is 7.87. The molecule has 0 aliphatic rings. The predicted octanol–water partition coefficient (Wildman–Crippen LogP) is 4.90. The van der Waals surface area contributed by atoms with E-state index in [1.165, 1.54) is 11.8 Å². The maximum Gasteiger partial charge on any atom is 0.230 e. The fourth-order valence-electron chi connectivity index (χ4n) is 2.98. The number of halogens is 1. The number of carbonyl (C=O) groups excluding carboxylic acids is 1. The zero-order chi connectivity index (χ0) is 20.9. The normalized spacial score (nSPS) is 10.9. The molecule has 6 nitrogen and oxygen atoms in total. The first-order valence-corrected chi connectivity index (χ1v) is 10.7. The summed E-state index contributed by atoms with van der Waals surface area (Å²) in [6.07, 6.45) is 1.63. The van der Waals surface area contributed by atoms with Crippen LogP contribution < -0.4 is 5.32 Å². The van der Waals surface area contributed by atoms with Gasteiger partial charge in [0.05, 0.1) is 17.6 Å². The highest BCUT2D eigenvalue weighted by Crippen LogP contribution is 2.30. The number of furan rings is 1. The van der Waals surface area contributed by atoms with E-state index in [2.05, 4.69) is 15.5 Å². The van der Waals surface area contributed by atoms with Crippen LogP contribution in [0.3, 0.4) is 0 Å². The van der Waals surface area contributed by atoms with E-state index in [0.717, 1.165) is 22.6 Å². The number of carbonyl (C=O) groups is 1. The van der Waals surface area contributed by atoms with E-state index in [9.17, 15) is 4.79 Å². The van der Waals surface area contributed by atoms with E-state index in [0.29, 0.717) is 22.5 Å². The number of rotatable bonds is 7. The van der Waals surface area contributed by atoms with Gasteiger partial charge in [-0.05, 0) is 36.8 Å². The summed E-state index contributed by atoms with van der Waals surface area (Å²) in [7, 11) is 0. The summed E-state index contributed by atoms with van der Waals surface area (Å²) in [5.41, 5.74) is 2.65. The van der Waals surface area contributed by atoms with E-state index in [4.69, 9.17) is 16.0 Å². The summed E-state index contributed by atoms with van der Waals surface area (Å²) in [6, 6.07) is 19.1. The topological polar surface area (TPSA) is 72.9 Å². The van der Waals surface area contributed by atoms with Crippen molar-refractivity contribution in [3.63, 3.8) is 0 Å². The van der Waals surface area contributed by atoms with Gasteiger partial charge in [0.15, 0.2) is 11.0 Å². The molecule has 4 rings (SSSR count). The minimum atomic E-state index is -0.108. The maximum absolute atomic E-state index is 12.4. The van der Waals surface area contributed by atoms with Gasteiger partial charge in [0.25, 0.3) is 0 Å². The Morgan fingerprint density at radius 1 is 1.10 bits per heavy atom. The number of aryl methyl sites for hydroxylation is 1. The SMILES string of the molecule is Cc1occc1-c1nnc(SCC(=O)NCc2ccccc2Cl)n1-c1ccccc1. The highest BCUT2D eigenvalue weighted by molar-refractivity contribution is 7.99. The lowest BCUT2D eigenvalue weighted by Gasteiger charge is -2.10. The third-order valence-electron chi connectivity index (χ3n) is 4.51. The highest BCUT2D eigenvalue weighted by atomic mass is 35.5. The van der Waals surface area contributed by atoms with E-state index in [1.54, 1.807) is 12.3 Å². The van der Waals surface area contributed by atoms with Crippen LogP contribution in [0.5, 0.6) is 0 Å². The average molecular weight is 439 g/mol.